The maximum atomic E-state index is 6.04. The molecule has 0 bridgehead atoms. The van der Waals surface area contributed by atoms with E-state index in [0.29, 0.717) is 5.92 Å². The van der Waals surface area contributed by atoms with Crippen LogP contribution in [0.5, 0.6) is 0 Å². The molecule has 0 amide bonds. The van der Waals surface area contributed by atoms with Crippen LogP contribution in [0.4, 0.5) is 5.82 Å². The average Bonchev–Trinajstić information content (AvgIpc) is 2.92. The molecule has 0 fully saturated rings. The molecule has 0 saturated heterocycles. The van der Waals surface area contributed by atoms with E-state index in [0.717, 1.165) is 40.0 Å². The van der Waals surface area contributed by atoms with Crippen molar-refractivity contribution in [3.63, 3.8) is 0 Å². The van der Waals surface area contributed by atoms with Crippen LogP contribution in [0.15, 0.2) is 29.6 Å². The van der Waals surface area contributed by atoms with E-state index in [9.17, 15) is 0 Å². The standard InChI is InChI=1S/C19H23ClN4S/c1-12-11-25-19-17(12)18(22-13(2)23-19)21-9-15(10-24(3)4)14-5-7-16(20)8-6-14/h5-8,11,15H,9-10H2,1-4H3,(H,21,22,23). The molecule has 1 unspecified atom stereocenters. The van der Waals surface area contributed by atoms with Gasteiger partial charge in [0.25, 0.3) is 0 Å². The molecule has 25 heavy (non-hydrogen) atoms. The number of aryl methyl sites for hydroxylation is 2. The van der Waals surface area contributed by atoms with Gasteiger partial charge in [-0.15, -0.1) is 11.3 Å². The number of nitrogens with zero attached hydrogens (tertiary/aromatic N) is 3. The minimum atomic E-state index is 0.344. The van der Waals surface area contributed by atoms with Crippen LogP contribution in [0.1, 0.15) is 22.9 Å². The van der Waals surface area contributed by atoms with E-state index in [2.05, 4.69) is 58.7 Å². The molecule has 132 valence electrons. The molecule has 1 N–H and O–H groups in total. The zero-order valence-electron chi connectivity index (χ0n) is 15.0. The molecule has 0 radical (unpaired) electrons. The number of anilines is 1. The third-order valence-electron chi connectivity index (χ3n) is 4.17. The quantitative estimate of drug-likeness (QED) is 0.677. The first kappa shape index (κ1) is 18.1. The molecule has 0 aliphatic heterocycles. The normalized spacial score (nSPS) is 12.7. The minimum absolute atomic E-state index is 0.344. The van der Waals surface area contributed by atoms with Crippen molar-refractivity contribution in [2.45, 2.75) is 19.8 Å². The van der Waals surface area contributed by atoms with Gasteiger partial charge in [0, 0.05) is 24.0 Å². The van der Waals surface area contributed by atoms with Crippen molar-refractivity contribution in [2.75, 3.05) is 32.5 Å². The maximum Gasteiger partial charge on any atom is 0.138 e. The Kier molecular flexibility index (Phi) is 5.57. The zero-order valence-corrected chi connectivity index (χ0v) is 16.6. The number of aromatic nitrogens is 2. The zero-order chi connectivity index (χ0) is 18.0. The Morgan fingerprint density at radius 3 is 2.56 bits per heavy atom. The van der Waals surface area contributed by atoms with Gasteiger partial charge in [-0.1, -0.05) is 23.7 Å². The first-order valence-electron chi connectivity index (χ1n) is 8.30. The summed E-state index contributed by atoms with van der Waals surface area (Å²) < 4.78 is 0. The first-order valence-corrected chi connectivity index (χ1v) is 9.56. The summed E-state index contributed by atoms with van der Waals surface area (Å²) in [5.74, 6) is 2.07. The molecule has 0 aliphatic rings. The SMILES string of the molecule is Cc1nc(NCC(CN(C)C)c2ccc(Cl)cc2)c2c(C)csc2n1. The molecule has 6 heteroatoms. The highest BCUT2D eigenvalue weighted by molar-refractivity contribution is 7.17. The lowest BCUT2D eigenvalue weighted by Crippen LogP contribution is -2.26. The summed E-state index contributed by atoms with van der Waals surface area (Å²) >= 11 is 7.71. The molecule has 0 saturated carbocycles. The highest BCUT2D eigenvalue weighted by Gasteiger charge is 2.16. The van der Waals surface area contributed by atoms with Crippen LogP contribution in [-0.2, 0) is 0 Å². The molecule has 3 aromatic rings. The molecule has 0 aliphatic carbocycles. The van der Waals surface area contributed by atoms with Crippen molar-refractivity contribution in [2.24, 2.45) is 0 Å². The van der Waals surface area contributed by atoms with Gasteiger partial charge in [0.2, 0.25) is 0 Å². The molecule has 4 nitrogen and oxygen atoms in total. The van der Waals surface area contributed by atoms with Gasteiger partial charge in [-0.05, 0) is 56.6 Å². The van der Waals surface area contributed by atoms with E-state index in [1.54, 1.807) is 11.3 Å². The Hall–Kier alpha value is -1.69. The summed E-state index contributed by atoms with van der Waals surface area (Å²) in [6.45, 7) is 5.81. The van der Waals surface area contributed by atoms with Crippen molar-refractivity contribution in [3.05, 3.63) is 51.6 Å². The number of hydrogen-bond acceptors (Lipinski definition) is 5. The Bertz CT molecular complexity index is 858. The van der Waals surface area contributed by atoms with Crippen LogP contribution in [0, 0.1) is 13.8 Å². The van der Waals surface area contributed by atoms with Gasteiger partial charge >= 0.3 is 0 Å². The number of likely N-dealkylation sites (N-methyl/N-ethyl adjacent to an activating group) is 1. The van der Waals surface area contributed by atoms with Crippen molar-refractivity contribution in [1.82, 2.24) is 14.9 Å². The van der Waals surface area contributed by atoms with Crippen LogP contribution in [0.25, 0.3) is 10.2 Å². The second-order valence-electron chi connectivity index (χ2n) is 6.61. The van der Waals surface area contributed by atoms with Crippen LogP contribution in [0.3, 0.4) is 0 Å². The maximum absolute atomic E-state index is 6.04. The molecule has 2 aromatic heterocycles. The summed E-state index contributed by atoms with van der Waals surface area (Å²) in [7, 11) is 4.19. The van der Waals surface area contributed by atoms with Crippen LogP contribution >= 0.6 is 22.9 Å². The summed E-state index contributed by atoms with van der Waals surface area (Å²) in [5.41, 5.74) is 2.49. The van der Waals surface area contributed by atoms with Crippen molar-refractivity contribution in [1.29, 1.82) is 0 Å². The largest absolute Gasteiger partial charge is 0.369 e. The molecule has 1 aromatic carbocycles. The molecule has 2 heterocycles. The molecule has 0 spiro atoms. The fourth-order valence-corrected chi connectivity index (χ4v) is 4.09. The second-order valence-corrected chi connectivity index (χ2v) is 7.90. The summed E-state index contributed by atoms with van der Waals surface area (Å²) in [6.07, 6.45) is 0. The summed E-state index contributed by atoms with van der Waals surface area (Å²) in [5, 5.41) is 7.61. The summed E-state index contributed by atoms with van der Waals surface area (Å²) in [6, 6.07) is 8.12. The van der Waals surface area contributed by atoms with Crippen molar-refractivity contribution in [3.8, 4) is 0 Å². The lowest BCUT2D eigenvalue weighted by molar-refractivity contribution is 0.378. The van der Waals surface area contributed by atoms with Gasteiger partial charge in [-0.25, -0.2) is 9.97 Å². The van der Waals surface area contributed by atoms with Gasteiger partial charge in [0.05, 0.1) is 5.39 Å². The highest BCUT2D eigenvalue weighted by atomic mass is 35.5. The lowest BCUT2D eigenvalue weighted by Gasteiger charge is -2.22. The van der Waals surface area contributed by atoms with E-state index in [-0.39, 0.29) is 0 Å². The van der Waals surface area contributed by atoms with Gasteiger partial charge in [0.15, 0.2) is 0 Å². The van der Waals surface area contributed by atoms with Crippen molar-refractivity contribution < 1.29 is 0 Å². The second kappa shape index (κ2) is 7.68. The van der Waals surface area contributed by atoms with Crippen LogP contribution in [0.2, 0.25) is 5.02 Å². The van der Waals surface area contributed by atoms with Crippen LogP contribution < -0.4 is 5.32 Å². The fourth-order valence-electron chi connectivity index (χ4n) is 3.00. The van der Waals surface area contributed by atoms with Gasteiger partial charge in [-0.2, -0.15) is 0 Å². The minimum Gasteiger partial charge on any atom is -0.369 e. The van der Waals surface area contributed by atoms with Crippen molar-refractivity contribution >= 4 is 39.0 Å². The Labute approximate surface area is 157 Å². The smallest absolute Gasteiger partial charge is 0.138 e. The molecular formula is C19H23ClN4S. The van der Waals surface area contributed by atoms with E-state index >= 15 is 0 Å². The number of fused-ring (bicyclic) bond motifs is 1. The molecular weight excluding hydrogens is 352 g/mol. The third-order valence-corrected chi connectivity index (χ3v) is 5.41. The molecule has 3 rings (SSSR count). The number of thiophene rings is 1. The van der Waals surface area contributed by atoms with E-state index in [4.69, 9.17) is 11.6 Å². The van der Waals surface area contributed by atoms with Gasteiger partial charge in [0.1, 0.15) is 16.5 Å². The summed E-state index contributed by atoms with van der Waals surface area (Å²) in [4.78, 5) is 12.4. The van der Waals surface area contributed by atoms with E-state index in [1.807, 2.05) is 19.1 Å². The topological polar surface area (TPSA) is 41.1 Å². The Balaban J connectivity index is 1.86. The van der Waals surface area contributed by atoms with E-state index < -0.39 is 0 Å². The Morgan fingerprint density at radius 2 is 1.88 bits per heavy atom. The number of rotatable bonds is 6. The van der Waals surface area contributed by atoms with Gasteiger partial charge in [-0.3, -0.25) is 0 Å². The average molecular weight is 375 g/mol. The molecule has 1 atom stereocenters. The fraction of sp³-hybridized carbons (Fsp3) is 0.368. The number of hydrogen-bond donors (Lipinski definition) is 1. The first-order chi connectivity index (χ1) is 11.9. The number of nitrogens with one attached hydrogen (secondary N) is 1. The number of halogens is 1. The predicted octanol–water partition coefficient (Wildman–Crippen LogP) is 4.72. The Morgan fingerprint density at radius 1 is 1.16 bits per heavy atom. The van der Waals surface area contributed by atoms with Gasteiger partial charge < -0.3 is 10.2 Å². The monoisotopic (exact) mass is 374 g/mol. The lowest BCUT2D eigenvalue weighted by atomic mass is 9.98. The predicted molar refractivity (Wildman–Crippen MR) is 108 cm³/mol. The highest BCUT2D eigenvalue weighted by Crippen LogP contribution is 2.30. The number of benzene rings is 1. The van der Waals surface area contributed by atoms with Crippen LogP contribution in [-0.4, -0.2) is 42.1 Å². The van der Waals surface area contributed by atoms with E-state index in [1.165, 1.54) is 11.1 Å². The third kappa shape index (κ3) is 4.29.